The molecule has 1 heteroatoms. The van der Waals surface area contributed by atoms with Gasteiger partial charge in [-0.15, -0.1) is 0 Å². The standard InChI is InChI=1S/C16H18O/c1-2-17-13-16-11-7-6-10-15(16)12-14-8-4-3-5-9-14/h3-11H,2,12-13H2,1H3. The zero-order valence-corrected chi connectivity index (χ0v) is 10.2. The third-order valence-corrected chi connectivity index (χ3v) is 2.82. The van der Waals surface area contributed by atoms with Crippen molar-refractivity contribution in [3.8, 4) is 0 Å². The van der Waals surface area contributed by atoms with Gasteiger partial charge in [-0.3, -0.25) is 0 Å². The molecule has 0 spiro atoms. The van der Waals surface area contributed by atoms with Crippen molar-refractivity contribution in [3.63, 3.8) is 0 Å². The quantitative estimate of drug-likeness (QED) is 0.753. The predicted molar refractivity (Wildman–Crippen MR) is 71.0 cm³/mol. The van der Waals surface area contributed by atoms with E-state index in [1.807, 2.05) is 6.92 Å². The van der Waals surface area contributed by atoms with E-state index in [2.05, 4.69) is 54.6 Å². The number of ether oxygens (including phenoxy) is 1. The fourth-order valence-electron chi connectivity index (χ4n) is 1.90. The lowest BCUT2D eigenvalue weighted by Crippen LogP contribution is -1.98. The van der Waals surface area contributed by atoms with Crippen LogP contribution in [-0.4, -0.2) is 6.61 Å². The minimum atomic E-state index is 0.708. The molecule has 1 nitrogen and oxygen atoms in total. The maximum absolute atomic E-state index is 5.50. The van der Waals surface area contributed by atoms with Gasteiger partial charge in [0.05, 0.1) is 6.61 Å². The summed E-state index contributed by atoms with van der Waals surface area (Å²) in [4.78, 5) is 0. The Morgan fingerprint density at radius 3 is 2.18 bits per heavy atom. The van der Waals surface area contributed by atoms with Gasteiger partial charge in [-0.1, -0.05) is 54.6 Å². The zero-order chi connectivity index (χ0) is 11.9. The Hall–Kier alpha value is -1.60. The van der Waals surface area contributed by atoms with Gasteiger partial charge in [0.1, 0.15) is 0 Å². The van der Waals surface area contributed by atoms with Crippen molar-refractivity contribution < 1.29 is 4.74 Å². The molecular weight excluding hydrogens is 208 g/mol. The number of hydrogen-bond donors (Lipinski definition) is 0. The van der Waals surface area contributed by atoms with E-state index in [0.717, 1.165) is 13.0 Å². The lowest BCUT2D eigenvalue weighted by Gasteiger charge is -2.09. The second-order valence-corrected chi connectivity index (χ2v) is 4.07. The van der Waals surface area contributed by atoms with Crippen molar-refractivity contribution in [1.82, 2.24) is 0 Å². The van der Waals surface area contributed by atoms with Gasteiger partial charge in [0.2, 0.25) is 0 Å². The Bertz CT molecular complexity index is 448. The summed E-state index contributed by atoms with van der Waals surface area (Å²) in [5, 5.41) is 0. The molecular formula is C16H18O. The van der Waals surface area contributed by atoms with Crippen LogP contribution in [0, 0.1) is 0 Å². The van der Waals surface area contributed by atoms with Crippen LogP contribution in [0.15, 0.2) is 54.6 Å². The third kappa shape index (κ3) is 3.43. The van der Waals surface area contributed by atoms with Gasteiger partial charge in [0, 0.05) is 6.61 Å². The molecule has 0 unspecified atom stereocenters. The van der Waals surface area contributed by atoms with Gasteiger partial charge in [0.25, 0.3) is 0 Å². The van der Waals surface area contributed by atoms with Gasteiger partial charge in [-0.2, -0.15) is 0 Å². The van der Waals surface area contributed by atoms with E-state index in [0.29, 0.717) is 6.61 Å². The number of rotatable bonds is 5. The first-order chi connectivity index (χ1) is 8.40. The molecule has 0 heterocycles. The van der Waals surface area contributed by atoms with Crippen molar-refractivity contribution in [3.05, 3.63) is 71.3 Å². The molecule has 0 N–H and O–H groups in total. The third-order valence-electron chi connectivity index (χ3n) is 2.82. The van der Waals surface area contributed by atoms with E-state index in [4.69, 9.17) is 4.74 Å². The second-order valence-electron chi connectivity index (χ2n) is 4.07. The van der Waals surface area contributed by atoms with Gasteiger partial charge >= 0.3 is 0 Å². The Labute approximate surface area is 103 Å². The average Bonchev–Trinajstić information content (AvgIpc) is 2.39. The highest BCUT2D eigenvalue weighted by Gasteiger charge is 2.02. The molecule has 0 radical (unpaired) electrons. The Kier molecular flexibility index (Phi) is 4.34. The van der Waals surface area contributed by atoms with Crippen LogP contribution in [0.2, 0.25) is 0 Å². The van der Waals surface area contributed by atoms with Crippen molar-refractivity contribution in [2.45, 2.75) is 20.0 Å². The van der Waals surface area contributed by atoms with E-state index in [9.17, 15) is 0 Å². The Morgan fingerprint density at radius 2 is 1.47 bits per heavy atom. The van der Waals surface area contributed by atoms with Crippen LogP contribution in [0.5, 0.6) is 0 Å². The molecule has 0 aliphatic heterocycles. The summed E-state index contributed by atoms with van der Waals surface area (Å²) in [5.41, 5.74) is 3.99. The molecule has 88 valence electrons. The van der Waals surface area contributed by atoms with Crippen molar-refractivity contribution in [2.24, 2.45) is 0 Å². The second kappa shape index (κ2) is 6.21. The lowest BCUT2D eigenvalue weighted by atomic mass is 10.0. The highest BCUT2D eigenvalue weighted by Crippen LogP contribution is 2.15. The molecule has 0 aliphatic carbocycles. The van der Waals surface area contributed by atoms with Crippen molar-refractivity contribution >= 4 is 0 Å². The van der Waals surface area contributed by atoms with Gasteiger partial charge in [-0.25, -0.2) is 0 Å². The monoisotopic (exact) mass is 226 g/mol. The largest absolute Gasteiger partial charge is 0.377 e. The number of benzene rings is 2. The van der Waals surface area contributed by atoms with Crippen molar-refractivity contribution in [1.29, 1.82) is 0 Å². The molecule has 0 saturated heterocycles. The molecule has 0 aromatic heterocycles. The molecule has 2 rings (SSSR count). The first-order valence-corrected chi connectivity index (χ1v) is 6.08. The lowest BCUT2D eigenvalue weighted by molar-refractivity contribution is 0.133. The van der Waals surface area contributed by atoms with Crippen LogP contribution in [-0.2, 0) is 17.8 Å². The minimum Gasteiger partial charge on any atom is -0.377 e. The molecule has 0 saturated carbocycles. The predicted octanol–water partition coefficient (Wildman–Crippen LogP) is 3.81. The molecule has 0 atom stereocenters. The van der Waals surface area contributed by atoms with Crippen molar-refractivity contribution in [2.75, 3.05) is 6.61 Å². The summed E-state index contributed by atoms with van der Waals surface area (Å²) in [6.07, 6.45) is 0.976. The van der Waals surface area contributed by atoms with Gasteiger partial charge in [-0.05, 0) is 30.0 Å². The summed E-state index contributed by atoms with van der Waals surface area (Å²) in [5.74, 6) is 0. The van der Waals surface area contributed by atoms with Crippen LogP contribution in [0.3, 0.4) is 0 Å². The molecule has 0 amide bonds. The maximum atomic E-state index is 5.50. The number of hydrogen-bond acceptors (Lipinski definition) is 1. The molecule has 2 aromatic rings. The highest BCUT2D eigenvalue weighted by molar-refractivity contribution is 5.32. The first kappa shape index (κ1) is 11.9. The van der Waals surface area contributed by atoms with E-state index >= 15 is 0 Å². The summed E-state index contributed by atoms with van der Waals surface area (Å²) < 4.78 is 5.50. The summed E-state index contributed by atoms with van der Waals surface area (Å²) in [6.45, 7) is 3.50. The van der Waals surface area contributed by atoms with E-state index in [1.165, 1.54) is 16.7 Å². The molecule has 0 aliphatic rings. The Morgan fingerprint density at radius 1 is 0.824 bits per heavy atom. The Balaban J connectivity index is 2.15. The normalized spacial score (nSPS) is 10.4. The van der Waals surface area contributed by atoms with Gasteiger partial charge < -0.3 is 4.74 Å². The van der Waals surface area contributed by atoms with Crippen LogP contribution in [0.1, 0.15) is 23.6 Å². The summed E-state index contributed by atoms with van der Waals surface area (Å²) in [7, 11) is 0. The topological polar surface area (TPSA) is 9.23 Å². The van der Waals surface area contributed by atoms with Crippen LogP contribution in [0.4, 0.5) is 0 Å². The van der Waals surface area contributed by atoms with E-state index < -0.39 is 0 Å². The molecule has 0 fully saturated rings. The van der Waals surface area contributed by atoms with E-state index in [-0.39, 0.29) is 0 Å². The SMILES string of the molecule is CCOCc1ccccc1Cc1ccccc1. The van der Waals surface area contributed by atoms with Crippen LogP contribution in [0.25, 0.3) is 0 Å². The van der Waals surface area contributed by atoms with Crippen LogP contribution < -0.4 is 0 Å². The minimum absolute atomic E-state index is 0.708. The zero-order valence-electron chi connectivity index (χ0n) is 10.2. The smallest absolute Gasteiger partial charge is 0.0719 e. The molecule has 2 aromatic carbocycles. The maximum Gasteiger partial charge on any atom is 0.0719 e. The summed E-state index contributed by atoms with van der Waals surface area (Å²) in [6, 6.07) is 19.0. The fourth-order valence-corrected chi connectivity index (χ4v) is 1.90. The van der Waals surface area contributed by atoms with Crippen LogP contribution >= 0.6 is 0 Å². The first-order valence-electron chi connectivity index (χ1n) is 6.08. The molecule has 0 bridgehead atoms. The van der Waals surface area contributed by atoms with E-state index in [1.54, 1.807) is 0 Å². The fraction of sp³-hybridized carbons (Fsp3) is 0.250. The molecule has 17 heavy (non-hydrogen) atoms. The van der Waals surface area contributed by atoms with Gasteiger partial charge in [0.15, 0.2) is 0 Å². The highest BCUT2D eigenvalue weighted by atomic mass is 16.5. The average molecular weight is 226 g/mol. The summed E-state index contributed by atoms with van der Waals surface area (Å²) >= 11 is 0.